The molecule has 1 aromatic rings. The summed E-state index contributed by atoms with van der Waals surface area (Å²) in [4.78, 5) is 27.6. The first kappa shape index (κ1) is 12.8. The second-order valence-electron chi connectivity index (χ2n) is 4.56. The summed E-state index contributed by atoms with van der Waals surface area (Å²) in [5.74, 6) is -0.889. The number of urea groups is 1. The smallest absolute Gasteiger partial charge is 0.321 e. The number of rotatable bonds is 4. The van der Waals surface area contributed by atoms with Gasteiger partial charge < -0.3 is 10.4 Å². The number of hydrogen-bond acceptors (Lipinski definition) is 4. The van der Waals surface area contributed by atoms with Gasteiger partial charge >= 0.3 is 12.0 Å². The Labute approximate surface area is 108 Å². The fraction of sp³-hybridized carbons (Fsp3) is 0.545. The summed E-state index contributed by atoms with van der Waals surface area (Å²) in [6.07, 6.45) is 4.02. The molecular formula is C11H15N3O3S. The lowest BCUT2D eigenvalue weighted by molar-refractivity contribution is -0.139. The van der Waals surface area contributed by atoms with Crippen LogP contribution in [0.2, 0.25) is 0 Å². The molecule has 1 aliphatic carbocycles. The SMILES string of the molecule is Cc1cnc(NC(=O)NC2(CC(=O)O)CCC2)s1. The van der Waals surface area contributed by atoms with Gasteiger partial charge in [0.25, 0.3) is 0 Å². The molecule has 2 amide bonds. The highest BCUT2D eigenvalue weighted by atomic mass is 32.1. The Morgan fingerprint density at radius 3 is 2.72 bits per heavy atom. The molecular weight excluding hydrogens is 254 g/mol. The number of aliphatic carboxylic acids is 1. The number of hydrogen-bond donors (Lipinski definition) is 3. The number of aromatic nitrogens is 1. The van der Waals surface area contributed by atoms with E-state index < -0.39 is 11.5 Å². The molecule has 0 aromatic carbocycles. The number of anilines is 1. The fourth-order valence-electron chi connectivity index (χ4n) is 2.02. The zero-order valence-electron chi connectivity index (χ0n) is 10.0. The van der Waals surface area contributed by atoms with Crippen LogP contribution in [0.1, 0.15) is 30.6 Å². The van der Waals surface area contributed by atoms with Crippen LogP contribution in [0.3, 0.4) is 0 Å². The van der Waals surface area contributed by atoms with E-state index in [0.717, 1.165) is 11.3 Å². The van der Waals surface area contributed by atoms with Crippen LogP contribution in [-0.2, 0) is 4.79 Å². The Balaban J connectivity index is 1.91. The molecule has 1 aromatic heterocycles. The molecule has 0 unspecified atom stereocenters. The van der Waals surface area contributed by atoms with Crippen LogP contribution in [0, 0.1) is 6.92 Å². The lowest BCUT2D eigenvalue weighted by Gasteiger charge is -2.41. The molecule has 18 heavy (non-hydrogen) atoms. The van der Waals surface area contributed by atoms with Crippen molar-refractivity contribution in [2.75, 3.05) is 5.32 Å². The third kappa shape index (κ3) is 2.98. The molecule has 1 heterocycles. The van der Waals surface area contributed by atoms with Crippen molar-refractivity contribution in [3.05, 3.63) is 11.1 Å². The Morgan fingerprint density at radius 1 is 1.56 bits per heavy atom. The molecule has 1 aliphatic rings. The highest BCUT2D eigenvalue weighted by Gasteiger charge is 2.40. The van der Waals surface area contributed by atoms with E-state index in [1.165, 1.54) is 11.3 Å². The molecule has 3 N–H and O–H groups in total. The molecule has 0 radical (unpaired) electrons. The van der Waals surface area contributed by atoms with E-state index in [4.69, 9.17) is 5.11 Å². The molecule has 98 valence electrons. The number of carboxylic acid groups (broad SMARTS) is 1. The molecule has 6 nitrogen and oxygen atoms in total. The number of carbonyl (C=O) groups excluding carboxylic acids is 1. The van der Waals surface area contributed by atoms with Crippen LogP contribution in [0.5, 0.6) is 0 Å². The molecule has 0 bridgehead atoms. The van der Waals surface area contributed by atoms with Gasteiger partial charge in [-0.25, -0.2) is 9.78 Å². The number of aryl methyl sites for hydroxylation is 1. The number of carbonyl (C=O) groups is 2. The van der Waals surface area contributed by atoms with Gasteiger partial charge in [-0.2, -0.15) is 0 Å². The van der Waals surface area contributed by atoms with Gasteiger partial charge in [-0.3, -0.25) is 10.1 Å². The Bertz CT molecular complexity index is 468. The summed E-state index contributed by atoms with van der Waals surface area (Å²) in [6, 6.07) is -0.384. The first-order valence-corrected chi connectivity index (χ1v) is 6.54. The van der Waals surface area contributed by atoms with Gasteiger partial charge in [0.1, 0.15) is 0 Å². The van der Waals surface area contributed by atoms with Crippen LogP contribution in [0.15, 0.2) is 6.20 Å². The normalized spacial score (nSPS) is 16.7. The van der Waals surface area contributed by atoms with Gasteiger partial charge in [0, 0.05) is 11.1 Å². The zero-order chi connectivity index (χ0) is 13.2. The summed E-state index contributed by atoms with van der Waals surface area (Å²) in [5, 5.41) is 14.7. The highest BCUT2D eigenvalue weighted by Crippen LogP contribution is 2.35. The molecule has 0 spiro atoms. The van der Waals surface area contributed by atoms with Crippen molar-refractivity contribution < 1.29 is 14.7 Å². The van der Waals surface area contributed by atoms with Crippen LogP contribution in [-0.4, -0.2) is 27.6 Å². The minimum Gasteiger partial charge on any atom is -0.481 e. The highest BCUT2D eigenvalue weighted by molar-refractivity contribution is 7.15. The minimum absolute atomic E-state index is 0.0304. The molecule has 0 aliphatic heterocycles. The number of carboxylic acids is 1. The van der Waals surface area contributed by atoms with Gasteiger partial charge in [0.15, 0.2) is 5.13 Å². The predicted octanol–water partition coefficient (Wildman–Crippen LogP) is 1.97. The molecule has 1 fully saturated rings. The summed E-state index contributed by atoms with van der Waals surface area (Å²) >= 11 is 1.38. The van der Waals surface area contributed by atoms with Crippen molar-refractivity contribution in [2.24, 2.45) is 0 Å². The van der Waals surface area contributed by atoms with Crippen molar-refractivity contribution >= 4 is 28.5 Å². The molecule has 0 saturated heterocycles. The van der Waals surface area contributed by atoms with Crippen molar-refractivity contribution in [1.29, 1.82) is 0 Å². The van der Waals surface area contributed by atoms with Gasteiger partial charge in [-0.05, 0) is 26.2 Å². The van der Waals surface area contributed by atoms with E-state index in [1.54, 1.807) is 6.20 Å². The van der Waals surface area contributed by atoms with E-state index in [-0.39, 0.29) is 12.5 Å². The van der Waals surface area contributed by atoms with Crippen molar-refractivity contribution in [3.8, 4) is 0 Å². The summed E-state index contributed by atoms with van der Waals surface area (Å²) in [7, 11) is 0. The quantitative estimate of drug-likeness (QED) is 0.779. The standard InChI is InChI=1S/C11H15N3O3S/c1-7-6-12-10(18-7)13-9(17)14-11(3-2-4-11)5-8(15)16/h6H,2-5H2,1H3,(H,15,16)(H2,12,13,14,17). The van der Waals surface area contributed by atoms with Gasteiger partial charge in [-0.1, -0.05) is 0 Å². The average molecular weight is 269 g/mol. The average Bonchev–Trinajstić information content (AvgIpc) is 2.59. The number of thiazole rings is 1. The van der Waals surface area contributed by atoms with Gasteiger partial charge in [0.2, 0.25) is 0 Å². The molecule has 7 heteroatoms. The molecule has 0 atom stereocenters. The first-order chi connectivity index (χ1) is 8.49. The lowest BCUT2D eigenvalue weighted by atomic mass is 9.74. The monoisotopic (exact) mass is 269 g/mol. The summed E-state index contributed by atoms with van der Waals surface area (Å²) in [6.45, 7) is 1.90. The van der Waals surface area contributed by atoms with Gasteiger partial charge in [-0.15, -0.1) is 11.3 Å². The maximum absolute atomic E-state index is 11.8. The molecule has 1 saturated carbocycles. The lowest BCUT2D eigenvalue weighted by Crippen LogP contribution is -2.55. The third-order valence-corrected chi connectivity index (χ3v) is 3.85. The molecule has 2 rings (SSSR count). The van der Waals surface area contributed by atoms with Crippen LogP contribution in [0.25, 0.3) is 0 Å². The number of nitrogens with zero attached hydrogens (tertiary/aromatic N) is 1. The largest absolute Gasteiger partial charge is 0.481 e. The van der Waals surface area contributed by atoms with E-state index >= 15 is 0 Å². The van der Waals surface area contributed by atoms with E-state index in [9.17, 15) is 9.59 Å². The Morgan fingerprint density at radius 2 is 2.28 bits per heavy atom. The second kappa shape index (κ2) is 4.93. The summed E-state index contributed by atoms with van der Waals surface area (Å²) in [5.41, 5.74) is -0.581. The van der Waals surface area contributed by atoms with Gasteiger partial charge in [0.05, 0.1) is 12.0 Å². The van der Waals surface area contributed by atoms with Crippen molar-refractivity contribution in [1.82, 2.24) is 10.3 Å². The third-order valence-electron chi connectivity index (χ3n) is 3.02. The van der Waals surface area contributed by atoms with Crippen LogP contribution < -0.4 is 10.6 Å². The van der Waals surface area contributed by atoms with E-state index in [2.05, 4.69) is 15.6 Å². The second-order valence-corrected chi connectivity index (χ2v) is 5.79. The number of nitrogens with one attached hydrogen (secondary N) is 2. The van der Waals surface area contributed by atoms with Crippen molar-refractivity contribution in [3.63, 3.8) is 0 Å². The van der Waals surface area contributed by atoms with E-state index in [0.29, 0.717) is 18.0 Å². The van der Waals surface area contributed by atoms with E-state index in [1.807, 2.05) is 6.92 Å². The van der Waals surface area contributed by atoms with Crippen molar-refractivity contribution in [2.45, 2.75) is 38.1 Å². The maximum Gasteiger partial charge on any atom is 0.321 e. The minimum atomic E-state index is -0.889. The zero-order valence-corrected chi connectivity index (χ0v) is 10.8. The van der Waals surface area contributed by atoms with Crippen LogP contribution in [0.4, 0.5) is 9.93 Å². The summed E-state index contributed by atoms with van der Waals surface area (Å²) < 4.78 is 0. The fourth-order valence-corrected chi connectivity index (χ4v) is 2.68. The Hall–Kier alpha value is -1.63. The topological polar surface area (TPSA) is 91.3 Å². The first-order valence-electron chi connectivity index (χ1n) is 5.72. The Kier molecular flexibility index (Phi) is 3.51. The maximum atomic E-state index is 11.8. The number of amides is 2. The van der Waals surface area contributed by atoms with Crippen LogP contribution >= 0.6 is 11.3 Å². The predicted molar refractivity (Wildman–Crippen MR) is 67.8 cm³/mol.